The van der Waals surface area contributed by atoms with Crippen LogP contribution >= 0.6 is 0 Å². The Labute approximate surface area is 128 Å². The highest BCUT2D eigenvalue weighted by atomic mass is 16.5. The lowest BCUT2D eigenvalue weighted by Gasteiger charge is -2.42. The van der Waals surface area contributed by atoms with Crippen molar-refractivity contribution in [2.75, 3.05) is 65.5 Å². The van der Waals surface area contributed by atoms with Crippen LogP contribution < -0.4 is 5.73 Å². The Bertz CT molecular complexity index is 311. The fraction of sp³-hybridized carbons (Fsp3) is 0.933. The highest BCUT2D eigenvalue weighted by Gasteiger charge is 2.27. The summed E-state index contributed by atoms with van der Waals surface area (Å²) in [4.78, 5) is 18.8. The summed E-state index contributed by atoms with van der Waals surface area (Å²) in [5, 5.41) is 0. The minimum absolute atomic E-state index is 0.0913. The third-order valence-electron chi connectivity index (χ3n) is 4.58. The lowest BCUT2D eigenvalue weighted by Crippen LogP contribution is -2.54. The maximum absolute atomic E-state index is 11.5. The highest BCUT2D eigenvalue weighted by molar-refractivity contribution is 5.71. The van der Waals surface area contributed by atoms with Crippen LogP contribution in [0.4, 0.5) is 0 Å². The number of nitrogens with zero attached hydrogens (tertiary/aromatic N) is 3. The quantitative estimate of drug-likeness (QED) is 0.673. The summed E-state index contributed by atoms with van der Waals surface area (Å²) in [5.74, 6) is -0.0913. The van der Waals surface area contributed by atoms with Gasteiger partial charge in [0, 0.05) is 58.4 Å². The van der Waals surface area contributed by atoms with Crippen molar-refractivity contribution >= 4 is 5.97 Å². The van der Waals surface area contributed by atoms with Gasteiger partial charge >= 0.3 is 5.97 Å². The highest BCUT2D eigenvalue weighted by Crippen LogP contribution is 2.18. The Morgan fingerprint density at radius 2 is 1.76 bits per heavy atom. The van der Waals surface area contributed by atoms with Crippen molar-refractivity contribution in [3.05, 3.63) is 0 Å². The molecule has 2 rings (SSSR count). The number of likely N-dealkylation sites (tertiary alicyclic amines) is 1. The second kappa shape index (κ2) is 8.68. The van der Waals surface area contributed by atoms with Crippen LogP contribution in [0, 0.1) is 0 Å². The van der Waals surface area contributed by atoms with Gasteiger partial charge in [-0.15, -0.1) is 0 Å². The van der Waals surface area contributed by atoms with Gasteiger partial charge < -0.3 is 10.5 Å². The van der Waals surface area contributed by atoms with E-state index in [1.807, 2.05) is 6.92 Å². The zero-order valence-corrected chi connectivity index (χ0v) is 13.3. The maximum Gasteiger partial charge on any atom is 0.320 e. The number of piperidine rings is 1. The van der Waals surface area contributed by atoms with Crippen LogP contribution in [-0.2, 0) is 9.53 Å². The molecule has 21 heavy (non-hydrogen) atoms. The van der Waals surface area contributed by atoms with Crippen molar-refractivity contribution in [3.8, 4) is 0 Å². The van der Waals surface area contributed by atoms with Crippen LogP contribution in [0.5, 0.6) is 0 Å². The third kappa shape index (κ3) is 5.21. The fourth-order valence-corrected chi connectivity index (χ4v) is 3.37. The Morgan fingerprint density at radius 3 is 2.33 bits per heavy atom. The Balaban J connectivity index is 1.66. The van der Waals surface area contributed by atoms with E-state index in [1.54, 1.807) is 0 Å². The number of hydrogen-bond donors (Lipinski definition) is 1. The Kier molecular flexibility index (Phi) is 6.89. The second-order valence-electron chi connectivity index (χ2n) is 5.98. The molecule has 0 spiro atoms. The zero-order valence-electron chi connectivity index (χ0n) is 13.3. The van der Waals surface area contributed by atoms with E-state index in [1.165, 1.54) is 0 Å². The van der Waals surface area contributed by atoms with Crippen LogP contribution in [0.3, 0.4) is 0 Å². The number of carbonyl (C=O) groups is 1. The van der Waals surface area contributed by atoms with Crippen molar-refractivity contribution in [2.24, 2.45) is 5.73 Å². The zero-order chi connectivity index (χ0) is 15.1. The van der Waals surface area contributed by atoms with E-state index in [0.717, 1.165) is 65.2 Å². The monoisotopic (exact) mass is 298 g/mol. The number of esters is 1. The molecule has 0 aliphatic carbocycles. The molecule has 2 heterocycles. The first-order valence-electron chi connectivity index (χ1n) is 8.27. The molecule has 0 bridgehead atoms. The van der Waals surface area contributed by atoms with Gasteiger partial charge in [-0.1, -0.05) is 0 Å². The van der Waals surface area contributed by atoms with Gasteiger partial charge in [0.15, 0.2) is 0 Å². The minimum atomic E-state index is -0.0913. The molecule has 2 saturated heterocycles. The maximum atomic E-state index is 11.5. The SMILES string of the molecule is CCOC(=O)CN1CCC(N2CCN(CCN)CC2)CC1. The van der Waals surface area contributed by atoms with Gasteiger partial charge in [-0.25, -0.2) is 0 Å². The molecule has 0 radical (unpaired) electrons. The molecule has 2 aliphatic heterocycles. The molecule has 2 aliphatic rings. The van der Waals surface area contributed by atoms with E-state index in [0.29, 0.717) is 19.2 Å². The molecule has 0 atom stereocenters. The van der Waals surface area contributed by atoms with Crippen LogP contribution in [0.15, 0.2) is 0 Å². The van der Waals surface area contributed by atoms with Crippen molar-refractivity contribution in [1.82, 2.24) is 14.7 Å². The summed E-state index contributed by atoms with van der Waals surface area (Å²) >= 11 is 0. The van der Waals surface area contributed by atoms with Crippen molar-refractivity contribution < 1.29 is 9.53 Å². The summed E-state index contributed by atoms with van der Waals surface area (Å²) < 4.78 is 5.02. The van der Waals surface area contributed by atoms with E-state index in [9.17, 15) is 4.79 Å². The lowest BCUT2D eigenvalue weighted by molar-refractivity contribution is -0.144. The van der Waals surface area contributed by atoms with Gasteiger partial charge in [0.25, 0.3) is 0 Å². The minimum Gasteiger partial charge on any atom is -0.465 e. The Morgan fingerprint density at radius 1 is 1.10 bits per heavy atom. The van der Waals surface area contributed by atoms with E-state index in [-0.39, 0.29) is 5.97 Å². The molecular formula is C15H30N4O2. The van der Waals surface area contributed by atoms with E-state index < -0.39 is 0 Å². The molecule has 6 nitrogen and oxygen atoms in total. The number of rotatable bonds is 6. The van der Waals surface area contributed by atoms with Gasteiger partial charge in [-0.05, 0) is 19.8 Å². The van der Waals surface area contributed by atoms with Crippen molar-refractivity contribution in [2.45, 2.75) is 25.8 Å². The molecule has 6 heteroatoms. The molecule has 2 N–H and O–H groups in total. The lowest BCUT2D eigenvalue weighted by atomic mass is 10.0. The van der Waals surface area contributed by atoms with E-state index in [2.05, 4.69) is 14.7 Å². The Hall–Kier alpha value is -0.690. The molecule has 0 unspecified atom stereocenters. The summed E-state index contributed by atoms with van der Waals surface area (Å²) in [6.07, 6.45) is 2.33. The van der Waals surface area contributed by atoms with Gasteiger partial charge in [-0.2, -0.15) is 0 Å². The predicted molar refractivity (Wildman–Crippen MR) is 83.2 cm³/mol. The van der Waals surface area contributed by atoms with Crippen LogP contribution in [0.1, 0.15) is 19.8 Å². The first-order valence-corrected chi connectivity index (χ1v) is 8.27. The standard InChI is InChI=1S/C15H30N4O2/c1-2-21-15(20)13-18-6-3-14(4-7-18)19-11-9-17(8-5-16)10-12-19/h14H,2-13,16H2,1H3. The molecular weight excluding hydrogens is 268 g/mol. The van der Waals surface area contributed by atoms with E-state index >= 15 is 0 Å². The molecule has 0 aromatic heterocycles. The first-order chi connectivity index (χ1) is 10.2. The average molecular weight is 298 g/mol. The number of piperazine rings is 1. The first kappa shape index (κ1) is 16.7. The van der Waals surface area contributed by atoms with Crippen LogP contribution in [0.2, 0.25) is 0 Å². The normalized spacial score (nSPS) is 23.3. The van der Waals surface area contributed by atoms with Crippen molar-refractivity contribution in [1.29, 1.82) is 0 Å². The average Bonchev–Trinajstić information content (AvgIpc) is 2.49. The van der Waals surface area contributed by atoms with Gasteiger partial charge in [0.05, 0.1) is 13.2 Å². The molecule has 0 amide bonds. The molecule has 122 valence electrons. The summed E-state index contributed by atoms with van der Waals surface area (Å²) in [5.41, 5.74) is 5.61. The van der Waals surface area contributed by atoms with E-state index in [4.69, 9.17) is 10.5 Å². The third-order valence-corrected chi connectivity index (χ3v) is 4.58. The number of hydrogen-bond acceptors (Lipinski definition) is 6. The van der Waals surface area contributed by atoms with Crippen LogP contribution in [-0.4, -0.2) is 92.2 Å². The van der Waals surface area contributed by atoms with Gasteiger partial charge in [0.1, 0.15) is 0 Å². The second-order valence-corrected chi connectivity index (χ2v) is 5.98. The number of carbonyl (C=O) groups excluding carboxylic acids is 1. The topological polar surface area (TPSA) is 62.0 Å². The molecule has 0 aromatic rings. The molecule has 0 aromatic carbocycles. The van der Waals surface area contributed by atoms with Gasteiger partial charge in [-0.3, -0.25) is 19.5 Å². The predicted octanol–water partition coefficient (Wildman–Crippen LogP) is -0.410. The number of nitrogens with two attached hydrogens (primary N) is 1. The largest absolute Gasteiger partial charge is 0.465 e. The molecule has 2 fully saturated rings. The smallest absolute Gasteiger partial charge is 0.320 e. The summed E-state index contributed by atoms with van der Waals surface area (Å²) in [6, 6.07) is 0.684. The summed E-state index contributed by atoms with van der Waals surface area (Å²) in [6.45, 7) is 11.2. The molecule has 0 saturated carbocycles. The summed E-state index contributed by atoms with van der Waals surface area (Å²) in [7, 11) is 0. The van der Waals surface area contributed by atoms with Gasteiger partial charge in [0.2, 0.25) is 0 Å². The fourth-order valence-electron chi connectivity index (χ4n) is 3.37. The van der Waals surface area contributed by atoms with Crippen LogP contribution in [0.25, 0.3) is 0 Å². The van der Waals surface area contributed by atoms with Crippen molar-refractivity contribution in [3.63, 3.8) is 0 Å². The number of ether oxygens (including phenoxy) is 1.